The molecule has 0 aliphatic heterocycles. The minimum Gasteiger partial charge on any atom is -0.324 e. The van der Waals surface area contributed by atoms with Gasteiger partial charge in [-0.3, -0.25) is 4.79 Å². The zero-order valence-electron chi connectivity index (χ0n) is 15.2. The molecule has 0 radical (unpaired) electrons. The van der Waals surface area contributed by atoms with Crippen LogP contribution in [0.2, 0.25) is 5.02 Å². The van der Waals surface area contributed by atoms with Crippen LogP contribution in [0.4, 0.5) is 5.69 Å². The normalized spacial score (nSPS) is 12.0. The second kappa shape index (κ2) is 8.03. The molecule has 0 aliphatic carbocycles. The summed E-state index contributed by atoms with van der Waals surface area (Å²) in [6.45, 7) is 6.45. The van der Waals surface area contributed by atoms with Gasteiger partial charge in [-0.05, 0) is 41.3 Å². The number of hydrogen-bond acceptors (Lipinski definition) is 4. The molecule has 4 nitrogen and oxygen atoms in total. The summed E-state index contributed by atoms with van der Waals surface area (Å²) in [5.74, 6) is -0.0451. The Morgan fingerprint density at radius 1 is 1.12 bits per heavy atom. The first-order valence-electron chi connectivity index (χ1n) is 7.99. The highest BCUT2D eigenvalue weighted by Crippen LogP contribution is 2.27. The summed E-state index contributed by atoms with van der Waals surface area (Å²) in [5, 5.41) is 2.97. The van der Waals surface area contributed by atoms with Crippen LogP contribution in [0.5, 0.6) is 0 Å². The molecular weight excluding hydrogens is 390 g/mol. The molecule has 0 fully saturated rings. The summed E-state index contributed by atoms with van der Waals surface area (Å²) in [5.41, 5.74) is 1.61. The van der Waals surface area contributed by atoms with E-state index in [1.165, 1.54) is 35.5 Å². The second-order valence-corrected chi connectivity index (χ2v) is 10.5. The molecular formula is C19H22ClNO3S2. The third-order valence-corrected chi connectivity index (χ3v) is 6.18. The monoisotopic (exact) mass is 411 g/mol. The standard InChI is InChI=1S/C19H22ClNO3S2/c1-19(2,3)13-5-7-14(8-6-13)25-12-18(22)21-17-11-15(26(4,23)24)9-10-16(17)20/h5-11H,12H2,1-4H3,(H,21,22). The molecule has 0 unspecified atom stereocenters. The lowest BCUT2D eigenvalue weighted by Crippen LogP contribution is -2.15. The summed E-state index contributed by atoms with van der Waals surface area (Å²) in [4.78, 5) is 13.3. The first-order valence-corrected chi connectivity index (χ1v) is 11.2. The second-order valence-electron chi connectivity index (χ2n) is 7.03. The first kappa shape index (κ1) is 20.8. The number of nitrogens with one attached hydrogen (secondary N) is 1. The van der Waals surface area contributed by atoms with E-state index in [0.29, 0.717) is 10.7 Å². The van der Waals surface area contributed by atoms with Crippen molar-refractivity contribution in [1.29, 1.82) is 0 Å². The van der Waals surface area contributed by atoms with Gasteiger partial charge in [0.1, 0.15) is 0 Å². The van der Waals surface area contributed by atoms with Gasteiger partial charge in [0, 0.05) is 11.2 Å². The molecule has 0 bridgehead atoms. The van der Waals surface area contributed by atoms with Crippen molar-refractivity contribution in [3.8, 4) is 0 Å². The molecule has 2 aromatic rings. The zero-order valence-corrected chi connectivity index (χ0v) is 17.6. The van der Waals surface area contributed by atoms with Gasteiger partial charge in [0.05, 0.1) is 21.4 Å². The van der Waals surface area contributed by atoms with Crippen LogP contribution in [0.3, 0.4) is 0 Å². The topological polar surface area (TPSA) is 63.2 Å². The first-order chi connectivity index (χ1) is 12.0. The Morgan fingerprint density at radius 3 is 2.27 bits per heavy atom. The van der Waals surface area contributed by atoms with Crippen molar-refractivity contribution in [3.63, 3.8) is 0 Å². The van der Waals surface area contributed by atoms with E-state index in [0.717, 1.165) is 11.2 Å². The molecule has 26 heavy (non-hydrogen) atoms. The molecule has 0 saturated heterocycles. The highest BCUT2D eigenvalue weighted by Gasteiger charge is 2.14. The number of halogens is 1. The molecule has 0 spiro atoms. The van der Waals surface area contributed by atoms with E-state index in [9.17, 15) is 13.2 Å². The average molecular weight is 412 g/mol. The van der Waals surface area contributed by atoms with Crippen LogP contribution < -0.4 is 5.32 Å². The minimum atomic E-state index is -3.36. The molecule has 0 heterocycles. The predicted molar refractivity (Wildman–Crippen MR) is 109 cm³/mol. The number of anilines is 1. The van der Waals surface area contributed by atoms with E-state index < -0.39 is 9.84 Å². The van der Waals surface area contributed by atoms with Gasteiger partial charge in [-0.2, -0.15) is 0 Å². The maximum Gasteiger partial charge on any atom is 0.234 e. The van der Waals surface area contributed by atoms with Crippen LogP contribution in [0.25, 0.3) is 0 Å². The molecule has 140 valence electrons. The Bertz CT molecular complexity index is 901. The van der Waals surface area contributed by atoms with Gasteiger partial charge >= 0.3 is 0 Å². The van der Waals surface area contributed by atoms with Crippen molar-refractivity contribution in [2.24, 2.45) is 0 Å². The van der Waals surface area contributed by atoms with Gasteiger partial charge in [0.15, 0.2) is 9.84 Å². The van der Waals surface area contributed by atoms with Crippen LogP contribution in [0.1, 0.15) is 26.3 Å². The van der Waals surface area contributed by atoms with Crippen molar-refractivity contribution in [2.75, 3.05) is 17.3 Å². The summed E-state index contributed by atoms with van der Waals surface area (Å²) < 4.78 is 23.3. The molecule has 7 heteroatoms. The maximum absolute atomic E-state index is 12.2. The third-order valence-electron chi connectivity index (χ3n) is 3.73. The van der Waals surface area contributed by atoms with Crippen LogP contribution >= 0.6 is 23.4 Å². The van der Waals surface area contributed by atoms with Gasteiger partial charge < -0.3 is 5.32 Å². The Balaban J connectivity index is 2.01. The Hall–Kier alpha value is -1.50. The van der Waals surface area contributed by atoms with E-state index >= 15 is 0 Å². The van der Waals surface area contributed by atoms with Crippen molar-refractivity contribution in [3.05, 3.63) is 53.1 Å². The molecule has 1 N–H and O–H groups in total. The average Bonchev–Trinajstić information content (AvgIpc) is 2.53. The van der Waals surface area contributed by atoms with E-state index in [-0.39, 0.29) is 22.0 Å². The van der Waals surface area contributed by atoms with Crippen molar-refractivity contribution in [1.82, 2.24) is 0 Å². The fraction of sp³-hybridized carbons (Fsp3) is 0.316. The summed E-state index contributed by atoms with van der Waals surface area (Å²) in [6.07, 6.45) is 1.11. The molecule has 0 aromatic heterocycles. The Labute approximate surface area is 164 Å². The Morgan fingerprint density at radius 2 is 1.73 bits per heavy atom. The SMILES string of the molecule is CC(C)(C)c1ccc(SCC(=O)Nc2cc(S(C)(=O)=O)ccc2Cl)cc1. The quantitative estimate of drug-likeness (QED) is 0.719. The molecule has 0 aliphatic rings. The lowest BCUT2D eigenvalue weighted by atomic mass is 9.87. The van der Waals surface area contributed by atoms with Gasteiger partial charge in [-0.25, -0.2) is 8.42 Å². The number of hydrogen-bond donors (Lipinski definition) is 1. The Kier molecular flexibility index (Phi) is 6.42. The number of amides is 1. The number of thioether (sulfide) groups is 1. The number of carbonyl (C=O) groups is 1. The number of sulfone groups is 1. The maximum atomic E-state index is 12.2. The van der Waals surface area contributed by atoms with Gasteiger partial charge in [-0.1, -0.05) is 44.5 Å². The van der Waals surface area contributed by atoms with Crippen molar-refractivity contribution >= 4 is 44.8 Å². The van der Waals surface area contributed by atoms with E-state index in [2.05, 4.69) is 38.2 Å². The van der Waals surface area contributed by atoms with E-state index in [1.54, 1.807) is 0 Å². The van der Waals surface area contributed by atoms with E-state index in [1.807, 2.05) is 12.1 Å². The zero-order chi connectivity index (χ0) is 19.5. The number of benzene rings is 2. The van der Waals surface area contributed by atoms with Gasteiger partial charge in [-0.15, -0.1) is 11.8 Å². The van der Waals surface area contributed by atoms with Crippen molar-refractivity contribution < 1.29 is 13.2 Å². The lowest BCUT2D eigenvalue weighted by Gasteiger charge is -2.19. The summed E-state index contributed by atoms with van der Waals surface area (Å²) >= 11 is 7.46. The van der Waals surface area contributed by atoms with Crippen LogP contribution in [0.15, 0.2) is 52.3 Å². The highest BCUT2D eigenvalue weighted by atomic mass is 35.5. The van der Waals surface area contributed by atoms with Crippen molar-refractivity contribution in [2.45, 2.75) is 36.0 Å². The number of carbonyl (C=O) groups excluding carboxylic acids is 1. The van der Waals surface area contributed by atoms with Gasteiger partial charge in [0.25, 0.3) is 0 Å². The fourth-order valence-electron chi connectivity index (χ4n) is 2.22. The molecule has 2 rings (SSSR count). The largest absolute Gasteiger partial charge is 0.324 e. The lowest BCUT2D eigenvalue weighted by molar-refractivity contribution is -0.113. The van der Waals surface area contributed by atoms with Crippen LogP contribution in [-0.2, 0) is 20.0 Å². The third kappa shape index (κ3) is 5.76. The molecule has 0 saturated carbocycles. The number of rotatable bonds is 5. The molecule has 0 atom stereocenters. The summed E-state index contributed by atoms with van der Waals surface area (Å²) in [7, 11) is -3.36. The van der Waals surface area contributed by atoms with Crippen LogP contribution in [-0.4, -0.2) is 26.3 Å². The van der Waals surface area contributed by atoms with E-state index in [4.69, 9.17) is 11.6 Å². The fourth-order valence-corrected chi connectivity index (χ4v) is 3.73. The smallest absolute Gasteiger partial charge is 0.234 e. The van der Waals surface area contributed by atoms with Crippen LogP contribution in [0, 0.1) is 0 Å². The van der Waals surface area contributed by atoms with Gasteiger partial charge in [0.2, 0.25) is 5.91 Å². The summed E-state index contributed by atoms with van der Waals surface area (Å²) in [6, 6.07) is 12.4. The minimum absolute atomic E-state index is 0.0853. The molecule has 1 amide bonds. The molecule has 2 aromatic carbocycles. The highest BCUT2D eigenvalue weighted by molar-refractivity contribution is 8.00. The predicted octanol–water partition coefficient (Wildman–Crippen LogP) is 4.77.